The maximum Gasteiger partial charge on any atom is 0.141 e. The van der Waals surface area contributed by atoms with Gasteiger partial charge in [-0.2, -0.15) is 5.26 Å². The van der Waals surface area contributed by atoms with Crippen molar-refractivity contribution >= 4 is 5.69 Å². The number of halogens is 1. The van der Waals surface area contributed by atoms with Crippen molar-refractivity contribution in [3.05, 3.63) is 65.0 Å². The number of hydrogen-bond donors (Lipinski definition) is 1. The molecule has 2 aromatic carbocycles. The highest BCUT2D eigenvalue weighted by Gasteiger charge is 2.19. The molecule has 0 bridgehead atoms. The fourth-order valence-corrected chi connectivity index (χ4v) is 2.53. The van der Waals surface area contributed by atoms with Gasteiger partial charge < -0.3 is 5.32 Å². The maximum atomic E-state index is 13.7. The third-order valence-corrected chi connectivity index (χ3v) is 3.57. The van der Waals surface area contributed by atoms with E-state index in [1.807, 2.05) is 30.3 Å². The van der Waals surface area contributed by atoms with Gasteiger partial charge in [0, 0.05) is 5.69 Å². The van der Waals surface area contributed by atoms with E-state index in [-0.39, 0.29) is 11.6 Å². The van der Waals surface area contributed by atoms with E-state index in [1.165, 1.54) is 11.6 Å². The summed E-state index contributed by atoms with van der Waals surface area (Å²) in [5, 5.41) is 12.2. The van der Waals surface area contributed by atoms with Crippen molar-refractivity contribution in [2.24, 2.45) is 0 Å². The third-order valence-electron chi connectivity index (χ3n) is 3.57. The van der Waals surface area contributed by atoms with E-state index in [0.29, 0.717) is 0 Å². The molecule has 1 unspecified atom stereocenters. The van der Waals surface area contributed by atoms with Gasteiger partial charge in [0.1, 0.15) is 11.9 Å². The predicted molar refractivity (Wildman–Crippen MR) is 72.2 cm³/mol. The Morgan fingerprint density at radius 3 is 2.84 bits per heavy atom. The van der Waals surface area contributed by atoms with E-state index >= 15 is 0 Å². The molecule has 0 aromatic heterocycles. The SMILES string of the molecule is N#Cc1ccc(C2CCc3ccccc3N2)cc1F. The molecule has 1 aliphatic heterocycles. The molecule has 0 radical (unpaired) electrons. The topological polar surface area (TPSA) is 35.8 Å². The Balaban J connectivity index is 1.89. The number of nitrogens with zero attached hydrogens (tertiary/aromatic N) is 1. The Hall–Kier alpha value is -2.34. The van der Waals surface area contributed by atoms with Gasteiger partial charge in [-0.05, 0) is 42.2 Å². The molecule has 1 heterocycles. The van der Waals surface area contributed by atoms with Gasteiger partial charge in [0.15, 0.2) is 0 Å². The minimum atomic E-state index is -0.444. The lowest BCUT2D eigenvalue weighted by Crippen LogP contribution is -2.18. The minimum Gasteiger partial charge on any atom is -0.378 e. The number of aryl methyl sites for hydroxylation is 1. The van der Waals surface area contributed by atoms with Gasteiger partial charge in [-0.1, -0.05) is 24.3 Å². The van der Waals surface area contributed by atoms with Gasteiger partial charge in [-0.3, -0.25) is 0 Å². The zero-order valence-corrected chi connectivity index (χ0v) is 10.4. The predicted octanol–water partition coefficient (Wildman–Crippen LogP) is 3.80. The number of nitrogens with one attached hydrogen (secondary N) is 1. The second kappa shape index (κ2) is 4.74. The van der Waals surface area contributed by atoms with Gasteiger partial charge in [0.05, 0.1) is 11.6 Å². The lowest BCUT2D eigenvalue weighted by atomic mass is 9.93. The number of rotatable bonds is 1. The molecule has 3 heteroatoms. The van der Waals surface area contributed by atoms with Crippen molar-refractivity contribution in [2.45, 2.75) is 18.9 Å². The molecule has 1 aliphatic rings. The molecule has 19 heavy (non-hydrogen) atoms. The first-order chi connectivity index (χ1) is 9.28. The summed E-state index contributed by atoms with van der Waals surface area (Å²) in [5.74, 6) is -0.444. The molecule has 0 saturated heterocycles. The summed E-state index contributed by atoms with van der Waals surface area (Å²) in [6, 6.07) is 15.0. The maximum absolute atomic E-state index is 13.7. The normalized spacial score (nSPS) is 17.2. The largest absolute Gasteiger partial charge is 0.378 e. The molecule has 0 fully saturated rings. The number of nitriles is 1. The van der Waals surface area contributed by atoms with Crippen molar-refractivity contribution in [3.8, 4) is 6.07 Å². The first-order valence-electron chi connectivity index (χ1n) is 6.32. The van der Waals surface area contributed by atoms with Gasteiger partial charge >= 0.3 is 0 Å². The molecule has 2 nitrogen and oxygen atoms in total. The number of anilines is 1. The smallest absolute Gasteiger partial charge is 0.141 e. The Morgan fingerprint density at radius 2 is 2.05 bits per heavy atom. The zero-order chi connectivity index (χ0) is 13.2. The van der Waals surface area contributed by atoms with E-state index in [9.17, 15) is 4.39 Å². The van der Waals surface area contributed by atoms with E-state index in [1.54, 1.807) is 6.07 Å². The number of hydrogen-bond acceptors (Lipinski definition) is 2. The van der Waals surface area contributed by atoms with Crippen LogP contribution in [0.15, 0.2) is 42.5 Å². The number of benzene rings is 2. The second-order valence-electron chi connectivity index (χ2n) is 4.74. The Kier molecular flexibility index (Phi) is 2.92. The molecule has 94 valence electrons. The highest BCUT2D eigenvalue weighted by Crippen LogP contribution is 2.32. The molecule has 1 N–H and O–H groups in total. The lowest BCUT2D eigenvalue weighted by molar-refractivity contribution is 0.611. The van der Waals surface area contributed by atoms with Crippen molar-refractivity contribution in [1.82, 2.24) is 0 Å². The van der Waals surface area contributed by atoms with Crippen LogP contribution in [0.5, 0.6) is 0 Å². The fourth-order valence-electron chi connectivity index (χ4n) is 2.53. The van der Waals surface area contributed by atoms with Crippen molar-refractivity contribution in [2.75, 3.05) is 5.32 Å². The van der Waals surface area contributed by atoms with Crippen LogP contribution in [0.25, 0.3) is 0 Å². The minimum absolute atomic E-state index is 0.0972. The van der Waals surface area contributed by atoms with Crippen LogP contribution in [0, 0.1) is 17.1 Å². The lowest BCUT2D eigenvalue weighted by Gasteiger charge is -2.27. The molecule has 1 atom stereocenters. The highest BCUT2D eigenvalue weighted by molar-refractivity contribution is 5.55. The molecule has 2 aromatic rings. The van der Waals surface area contributed by atoms with Crippen LogP contribution >= 0.6 is 0 Å². The molecule has 0 spiro atoms. The third kappa shape index (κ3) is 2.17. The average molecular weight is 252 g/mol. The summed E-state index contributed by atoms with van der Waals surface area (Å²) >= 11 is 0. The molecular formula is C16H13FN2. The average Bonchev–Trinajstić information content (AvgIpc) is 2.46. The standard InChI is InChI=1S/C16H13FN2/c17-14-9-12(5-6-13(14)10-18)16-8-7-11-3-1-2-4-15(11)19-16/h1-6,9,16,19H,7-8H2. The van der Waals surface area contributed by atoms with Crippen LogP contribution in [-0.4, -0.2) is 0 Å². The Morgan fingerprint density at radius 1 is 1.21 bits per heavy atom. The van der Waals surface area contributed by atoms with Crippen LogP contribution in [0.2, 0.25) is 0 Å². The van der Waals surface area contributed by atoms with E-state index in [0.717, 1.165) is 24.1 Å². The van der Waals surface area contributed by atoms with Crippen molar-refractivity contribution < 1.29 is 4.39 Å². The summed E-state index contributed by atoms with van der Waals surface area (Å²) in [5.41, 5.74) is 3.40. The molecule has 0 saturated carbocycles. The van der Waals surface area contributed by atoms with Crippen molar-refractivity contribution in [3.63, 3.8) is 0 Å². The van der Waals surface area contributed by atoms with Crippen LogP contribution < -0.4 is 5.32 Å². The summed E-state index contributed by atoms with van der Waals surface area (Å²) < 4.78 is 13.7. The first kappa shape index (κ1) is 11.7. The number of fused-ring (bicyclic) bond motifs is 1. The highest BCUT2D eigenvalue weighted by atomic mass is 19.1. The summed E-state index contributed by atoms with van der Waals surface area (Å²) in [6.45, 7) is 0. The Labute approximate surface area is 111 Å². The second-order valence-corrected chi connectivity index (χ2v) is 4.74. The van der Waals surface area contributed by atoms with E-state index in [4.69, 9.17) is 5.26 Å². The van der Waals surface area contributed by atoms with Crippen LogP contribution in [0.4, 0.5) is 10.1 Å². The Bertz CT molecular complexity index is 658. The fraction of sp³-hybridized carbons (Fsp3) is 0.188. The summed E-state index contributed by atoms with van der Waals surface area (Å²) in [6.07, 6.45) is 1.91. The molecule has 3 rings (SSSR count). The molecule has 0 aliphatic carbocycles. The molecule has 0 amide bonds. The van der Waals surface area contributed by atoms with Crippen molar-refractivity contribution in [1.29, 1.82) is 5.26 Å². The molecular weight excluding hydrogens is 239 g/mol. The van der Waals surface area contributed by atoms with Gasteiger partial charge in [-0.15, -0.1) is 0 Å². The van der Waals surface area contributed by atoms with Gasteiger partial charge in [-0.25, -0.2) is 4.39 Å². The zero-order valence-electron chi connectivity index (χ0n) is 10.4. The van der Waals surface area contributed by atoms with Crippen LogP contribution in [0.1, 0.15) is 29.2 Å². The van der Waals surface area contributed by atoms with Gasteiger partial charge in [0.2, 0.25) is 0 Å². The monoisotopic (exact) mass is 252 g/mol. The first-order valence-corrected chi connectivity index (χ1v) is 6.32. The van der Waals surface area contributed by atoms with E-state index in [2.05, 4.69) is 11.4 Å². The summed E-state index contributed by atoms with van der Waals surface area (Å²) in [4.78, 5) is 0. The van der Waals surface area contributed by atoms with Crippen LogP contribution in [0.3, 0.4) is 0 Å². The van der Waals surface area contributed by atoms with Crippen LogP contribution in [-0.2, 0) is 6.42 Å². The van der Waals surface area contributed by atoms with Gasteiger partial charge in [0.25, 0.3) is 0 Å². The van der Waals surface area contributed by atoms with E-state index < -0.39 is 5.82 Å². The number of para-hydroxylation sites is 1. The quantitative estimate of drug-likeness (QED) is 0.838. The summed E-state index contributed by atoms with van der Waals surface area (Å²) in [7, 11) is 0.